The van der Waals surface area contributed by atoms with Crippen molar-refractivity contribution in [3.8, 4) is 11.1 Å². The van der Waals surface area contributed by atoms with Crippen LogP contribution in [0.4, 0.5) is 17.1 Å². The van der Waals surface area contributed by atoms with E-state index < -0.39 is 0 Å². The molecule has 4 rings (SSSR count). The summed E-state index contributed by atoms with van der Waals surface area (Å²) in [5.74, 6) is 0. The molecule has 0 saturated heterocycles. The first kappa shape index (κ1) is 30.2. The Hall–Kier alpha value is -4.80. The van der Waals surface area contributed by atoms with E-state index in [0.29, 0.717) is 0 Å². The molecule has 0 amide bonds. The molecule has 0 aliphatic rings. The summed E-state index contributed by atoms with van der Waals surface area (Å²) in [7, 11) is 1.95. The van der Waals surface area contributed by atoms with Crippen LogP contribution in [0.3, 0.4) is 0 Å². The fourth-order valence-corrected chi connectivity index (χ4v) is 5.62. The number of benzene rings is 4. The molecular weight excluding hydrogens is 531 g/mol. The van der Waals surface area contributed by atoms with Crippen molar-refractivity contribution in [2.45, 2.75) is 13.8 Å². The van der Waals surface area contributed by atoms with Crippen LogP contribution in [0.5, 0.6) is 0 Å². The number of allylic oxidation sites excluding steroid dienone is 7. The number of nitrogens with one attached hydrogen (secondary N) is 2. The molecule has 0 heterocycles. The number of fused-ring (bicyclic) bond motifs is 1. The molecule has 0 saturated carbocycles. The number of hydrogen-bond acceptors (Lipinski definition) is 4. The highest BCUT2D eigenvalue weighted by atomic mass is 32.2. The third kappa shape index (κ3) is 7.48. The van der Waals surface area contributed by atoms with Crippen LogP contribution in [0.25, 0.3) is 28.0 Å². The van der Waals surface area contributed by atoms with Crippen LogP contribution in [-0.2, 0) is 0 Å². The monoisotopic (exact) mass is 567 g/mol. The molecule has 4 aromatic rings. The van der Waals surface area contributed by atoms with Crippen LogP contribution in [0.2, 0.25) is 0 Å². The van der Waals surface area contributed by atoms with Crippen molar-refractivity contribution in [1.82, 2.24) is 0 Å². The maximum atomic E-state index is 4.41. The Bertz CT molecular complexity index is 1710. The Balaban J connectivity index is 1.58. The van der Waals surface area contributed by atoms with Crippen molar-refractivity contribution in [3.05, 3.63) is 155 Å². The van der Waals surface area contributed by atoms with Gasteiger partial charge in [-0.05, 0) is 66.7 Å². The SMILES string of the molecule is C=CC(=C/C=C/c1ccc(-c2c(NC)ccc3ccccc23)c(N=C)c1)/C(=C\C)SC(/C=C\C)=C\Nc1ccccc1. The van der Waals surface area contributed by atoms with Gasteiger partial charge in [0.15, 0.2) is 0 Å². The molecular formula is C38H37N3S. The van der Waals surface area contributed by atoms with E-state index in [1.807, 2.05) is 62.7 Å². The molecule has 0 atom stereocenters. The van der Waals surface area contributed by atoms with Crippen LogP contribution >= 0.6 is 11.8 Å². The zero-order chi connectivity index (χ0) is 29.7. The molecule has 2 N–H and O–H groups in total. The van der Waals surface area contributed by atoms with Gasteiger partial charge in [0.05, 0.1) is 5.69 Å². The number of thioether (sulfide) groups is 1. The summed E-state index contributed by atoms with van der Waals surface area (Å²) in [6, 6.07) is 29.2. The molecule has 0 fully saturated rings. The fraction of sp³-hybridized carbons (Fsp3) is 0.0789. The Morgan fingerprint density at radius 1 is 0.929 bits per heavy atom. The molecule has 210 valence electrons. The van der Waals surface area contributed by atoms with E-state index in [9.17, 15) is 0 Å². The molecule has 0 unspecified atom stereocenters. The van der Waals surface area contributed by atoms with Crippen molar-refractivity contribution < 1.29 is 0 Å². The van der Waals surface area contributed by atoms with E-state index in [1.54, 1.807) is 11.8 Å². The summed E-state index contributed by atoms with van der Waals surface area (Å²) in [5, 5.41) is 9.10. The smallest absolute Gasteiger partial charge is 0.0707 e. The average Bonchev–Trinajstić information content (AvgIpc) is 3.04. The van der Waals surface area contributed by atoms with E-state index in [1.165, 1.54) is 10.8 Å². The molecule has 4 aromatic carbocycles. The Morgan fingerprint density at radius 3 is 2.43 bits per heavy atom. The number of hydrogen-bond donors (Lipinski definition) is 2. The van der Waals surface area contributed by atoms with Crippen molar-refractivity contribution >= 4 is 52.4 Å². The third-order valence-corrected chi connectivity index (χ3v) is 7.89. The maximum absolute atomic E-state index is 4.41. The van der Waals surface area contributed by atoms with E-state index >= 15 is 0 Å². The van der Waals surface area contributed by atoms with Crippen molar-refractivity contribution in [3.63, 3.8) is 0 Å². The number of aliphatic imine (C=N–C) groups is 1. The lowest BCUT2D eigenvalue weighted by Crippen LogP contribution is -1.94. The second-order valence-electron chi connectivity index (χ2n) is 9.39. The number of para-hydroxylation sites is 1. The molecule has 0 aromatic heterocycles. The van der Waals surface area contributed by atoms with E-state index in [0.717, 1.165) is 49.1 Å². The molecule has 4 heteroatoms. The van der Waals surface area contributed by atoms with Gasteiger partial charge < -0.3 is 10.6 Å². The molecule has 0 aliphatic carbocycles. The lowest BCUT2D eigenvalue weighted by molar-refractivity contribution is 1.49. The van der Waals surface area contributed by atoms with Crippen LogP contribution < -0.4 is 10.6 Å². The Kier molecular flexibility index (Phi) is 11.0. The zero-order valence-electron chi connectivity index (χ0n) is 24.5. The van der Waals surface area contributed by atoms with Gasteiger partial charge in [-0.2, -0.15) is 0 Å². The second kappa shape index (κ2) is 15.3. The summed E-state index contributed by atoms with van der Waals surface area (Å²) in [4.78, 5) is 6.62. The first-order valence-corrected chi connectivity index (χ1v) is 14.7. The van der Waals surface area contributed by atoms with Gasteiger partial charge in [0.1, 0.15) is 0 Å². The lowest BCUT2D eigenvalue weighted by atomic mass is 9.94. The quantitative estimate of drug-likeness (QED) is 0.132. The number of nitrogens with zero attached hydrogens (tertiary/aromatic N) is 1. The highest BCUT2D eigenvalue weighted by Gasteiger charge is 2.13. The average molecular weight is 568 g/mol. The van der Waals surface area contributed by atoms with Gasteiger partial charge in [0, 0.05) is 45.6 Å². The van der Waals surface area contributed by atoms with Gasteiger partial charge in [-0.25, -0.2) is 0 Å². The Labute approximate surface area is 254 Å². The normalized spacial score (nSPS) is 12.7. The van der Waals surface area contributed by atoms with Gasteiger partial charge in [-0.3, -0.25) is 4.99 Å². The number of anilines is 2. The van der Waals surface area contributed by atoms with Gasteiger partial charge in [0.2, 0.25) is 0 Å². The molecule has 3 nitrogen and oxygen atoms in total. The predicted molar refractivity (Wildman–Crippen MR) is 190 cm³/mol. The van der Waals surface area contributed by atoms with Crippen LogP contribution in [0, 0.1) is 0 Å². The van der Waals surface area contributed by atoms with Gasteiger partial charge in [-0.1, -0.05) is 122 Å². The predicted octanol–water partition coefficient (Wildman–Crippen LogP) is 11.2. The van der Waals surface area contributed by atoms with Crippen LogP contribution in [0.15, 0.2) is 155 Å². The first-order chi connectivity index (χ1) is 20.6. The summed E-state index contributed by atoms with van der Waals surface area (Å²) >= 11 is 1.69. The number of rotatable bonds is 12. The van der Waals surface area contributed by atoms with Crippen LogP contribution in [0.1, 0.15) is 19.4 Å². The first-order valence-electron chi connectivity index (χ1n) is 13.9. The largest absolute Gasteiger partial charge is 0.388 e. The maximum Gasteiger partial charge on any atom is 0.0707 e. The van der Waals surface area contributed by atoms with E-state index in [4.69, 9.17) is 0 Å². The van der Waals surface area contributed by atoms with Gasteiger partial charge in [-0.15, -0.1) is 0 Å². The summed E-state index contributed by atoms with van der Waals surface area (Å²) in [6.07, 6.45) is 16.4. The summed E-state index contributed by atoms with van der Waals surface area (Å²) < 4.78 is 0. The minimum Gasteiger partial charge on any atom is -0.388 e. The van der Waals surface area contributed by atoms with E-state index in [2.05, 4.69) is 121 Å². The molecule has 42 heavy (non-hydrogen) atoms. The van der Waals surface area contributed by atoms with Crippen LogP contribution in [-0.4, -0.2) is 13.8 Å². The minimum absolute atomic E-state index is 0.842. The molecule has 0 bridgehead atoms. The van der Waals surface area contributed by atoms with Crippen molar-refractivity contribution in [2.75, 3.05) is 17.7 Å². The minimum atomic E-state index is 0.842. The van der Waals surface area contributed by atoms with Gasteiger partial charge in [0.25, 0.3) is 0 Å². The highest BCUT2D eigenvalue weighted by Crippen LogP contribution is 2.41. The van der Waals surface area contributed by atoms with Gasteiger partial charge >= 0.3 is 0 Å². The van der Waals surface area contributed by atoms with Crippen molar-refractivity contribution in [1.29, 1.82) is 0 Å². The van der Waals surface area contributed by atoms with E-state index in [-0.39, 0.29) is 0 Å². The molecule has 0 radical (unpaired) electrons. The summed E-state index contributed by atoms with van der Waals surface area (Å²) in [6.45, 7) is 12.0. The molecule has 0 aliphatic heterocycles. The topological polar surface area (TPSA) is 36.4 Å². The second-order valence-corrected chi connectivity index (χ2v) is 10.5. The molecule has 0 spiro atoms. The highest BCUT2D eigenvalue weighted by molar-refractivity contribution is 8.07. The third-order valence-electron chi connectivity index (χ3n) is 6.70. The zero-order valence-corrected chi connectivity index (χ0v) is 25.3. The van der Waals surface area contributed by atoms with Crippen molar-refractivity contribution in [2.24, 2.45) is 4.99 Å². The fourth-order valence-electron chi connectivity index (χ4n) is 4.65. The lowest BCUT2D eigenvalue weighted by Gasteiger charge is -2.15. The summed E-state index contributed by atoms with van der Waals surface area (Å²) in [5.41, 5.74) is 7.21. The standard InChI is InChI=1S/C38H37N3S/c1-6-15-32(27-41-31-19-10-9-11-20-31)42-37(8-3)29(7-2)18-14-16-28-22-24-34(36(26-28)40-5)38-33-21-13-12-17-30(33)23-25-35(38)39-4/h6-27,39,41H,2,5H2,1,3-4H3/b15-6-,16-14+,29-18-,32-27-,37-8+. The Morgan fingerprint density at radius 2 is 1.71 bits per heavy atom.